The van der Waals surface area contributed by atoms with Gasteiger partial charge in [0.05, 0.1) is 0 Å². The first-order valence-corrected chi connectivity index (χ1v) is 4.83. The molecular weight excluding hydrogens is 237 g/mol. The lowest BCUT2D eigenvalue weighted by atomic mass is 10.3. The number of carbonyl (C=O) groups excluding carboxylic acids is 1. The maximum Gasteiger partial charge on any atom is 0.422 e. The number of alkyl halides is 3. The van der Waals surface area contributed by atoms with Crippen LogP contribution in [-0.2, 0) is 9.53 Å². The molecule has 0 aliphatic heterocycles. The summed E-state index contributed by atoms with van der Waals surface area (Å²) in [6.45, 7) is -0.278. The molecule has 1 aromatic rings. The van der Waals surface area contributed by atoms with Crippen molar-refractivity contribution in [2.45, 2.75) is 19.2 Å². The highest BCUT2D eigenvalue weighted by molar-refractivity contribution is 5.74. The van der Waals surface area contributed by atoms with Gasteiger partial charge in [0.1, 0.15) is 5.75 Å². The van der Waals surface area contributed by atoms with E-state index in [4.69, 9.17) is 4.74 Å². The molecule has 1 rings (SSSR count). The Hall–Kier alpha value is -1.72. The summed E-state index contributed by atoms with van der Waals surface area (Å²) in [5, 5.41) is 0. The Morgan fingerprint density at radius 1 is 1.29 bits per heavy atom. The second-order valence-corrected chi connectivity index (χ2v) is 3.30. The largest absolute Gasteiger partial charge is 0.479 e. The lowest BCUT2D eigenvalue weighted by Crippen LogP contribution is -2.30. The molecule has 17 heavy (non-hydrogen) atoms. The van der Waals surface area contributed by atoms with E-state index in [0.29, 0.717) is 5.75 Å². The zero-order valence-corrected chi connectivity index (χ0v) is 9.03. The average molecular weight is 248 g/mol. The first-order chi connectivity index (χ1) is 7.88. The molecule has 0 amide bonds. The standard InChI is InChI=1S/C11H11F3O3/c1-8(10(15)16-7-11(12,13)14)17-9-5-3-2-4-6-9/h2-6,8H,7H2,1H3. The Labute approximate surface area is 96.1 Å². The van der Waals surface area contributed by atoms with E-state index >= 15 is 0 Å². The lowest BCUT2D eigenvalue weighted by Gasteiger charge is -2.14. The SMILES string of the molecule is CC(Oc1ccccc1)C(=O)OCC(F)(F)F. The van der Waals surface area contributed by atoms with E-state index in [1.165, 1.54) is 6.92 Å². The number of para-hydroxylation sites is 1. The highest BCUT2D eigenvalue weighted by atomic mass is 19.4. The van der Waals surface area contributed by atoms with Crippen LogP contribution in [0.25, 0.3) is 0 Å². The van der Waals surface area contributed by atoms with Crippen molar-refractivity contribution >= 4 is 5.97 Å². The van der Waals surface area contributed by atoms with Crippen LogP contribution in [0.5, 0.6) is 5.75 Å². The lowest BCUT2D eigenvalue weighted by molar-refractivity contribution is -0.190. The minimum absolute atomic E-state index is 0.393. The molecule has 3 nitrogen and oxygen atoms in total. The first-order valence-electron chi connectivity index (χ1n) is 4.83. The summed E-state index contributed by atoms with van der Waals surface area (Å²) in [7, 11) is 0. The number of rotatable bonds is 4. The Kier molecular flexibility index (Phi) is 4.37. The highest BCUT2D eigenvalue weighted by Crippen LogP contribution is 2.16. The van der Waals surface area contributed by atoms with Gasteiger partial charge >= 0.3 is 12.1 Å². The van der Waals surface area contributed by atoms with E-state index in [1.54, 1.807) is 30.3 Å². The third-order valence-electron chi connectivity index (χ3n) is 1.77. The van der Waals surface area contributed by atoms with Gasteiger partial charge in [-0.3, -0.25) is 0 Å². The predicted octanol–water partition coefficient (Wildman–Crippen LogP) is 2.56. The zero-order chi connectivity index (χ0) is 12.9. The number of benzene rings is 1. The second-order valence-electron chi connectivity index (χ2n) is 3.30. The maximum atomic E-state index is 11.8. The highest BCUT2D eigenvalue weighted by Gasteiger charge is 2.31. The van der Waals surface area contributed by atoms with E-state index in [0.717, 1.165) is 0 Å². The number of hydrogen-bond acceptors (Lipinski definition) is 3. The quantitative estimate of drug-likeness (QED) is 0.768. The molecule has 0 aliphatic carbocycles. The summed E-state index contributed by atoms with van der Waals surface area (Å²) >= 11 is 0. The van der Waals surface area contributed by atoms with Crippen molar-refractivity contribution in [2.24, 2.45) is 0 Å². The summed E-state index contributed by atoms with van der Waals surface area (Å²) in [6, 6.07) is 8.30. The molecule has 1 atom stereocenters. The molecule has 0 aliphatic rings. The normalized spacial score (nSPS) is 12.9. The van der Waals surface area contributed by atoms with E-state index in [9.17, 15) is 18.0 Å². The molecule has 6 heteroatoms. The summed E-state index contributed by atoms with van der Waals surface area (Å²) in [6.07, 6.45) is -5.61. The van der Waals surface area contributed by atoms with E-state index in [1.807, 2.05) is 0 Å². The Bertz CT molecular complexity index is 362. The van der Waals surface area contributed by atoms with Crippen LogP contribution in [0.3, 0.4) is 0 Å². The number of esters is 1. The van der Waals surface area contributed by atoms with Gasteiger partial charge < -0.3 is 9.47 Å². The summed E-state index contributed by atoms with van der Waals surface area (Å²) in [5.41, 5.74) is 0. The van der Waals surface area contributed by atoms with Gasteiger partial charge in [-0.25, -0.2) is 4.79 Å². The Morgan fingerprint density at radius 3 is 2.41 bits per heavy atom. The fourth-order valence-electron chi connectivity index (χ4n) is 1.02. The van der Waals surface area contributed by atoms with Gasteiger partial charge in [0.2, 0.25) is 0 Å². The van der Waals surface area contributed by atoms with Gasteiger partial charge in [0, 0.05) is 0 Å². The maximum absolute atomic E-state index is 11.8. The third-order valence-corrected chi connectivity index (χ3v) is 1.77. The van der Waals surface area contributed by atoms with Crippen molar-refractivity contribution in [2.75, 3.05) is 6.61 Å². The topological polar surface area (TPSA) is 35.5 Å². The van der Waals surface area contributed by atoms with Crippen molar-refractivity contribution < 1.29 is 27.4 Å². The van der Waals surface area contributed by atoms with E-state index in [2.05, 4.69) is 4.74 Å². The number of halogens is 3. The van der Waals surface area contributed by atoms with Crippen LogP contribution in [0.1, 0.15) is 6.92 Å². The summed E-state index contributed by atoms with van der Waals surface area (Å²) < 4.78 is 44.5. The van der Waals surface area contributed by atoms with Gasteiger partial charge in [-0.05, 0) is 19.1 Å². The molecule has 1 aromatic carbocycles. The third kappa shape index (κ3) is 5.24. The fourth-order valence-corrected chi connectivity index (χ4v) is 1.02. The smallest absolute Gasteiger partial charge is 0.422 e. The van der Waals surface area contributed by atoms with Gasteiger partial charge in [-0.2, -0.15) is 13.2 Å². The van der Waals surface area contributed by atoms with Crippen LogP contribution in [0, 0.1) is 0 Å². The van der Waals surface area contributed by atoms with Crippen molar-refractivity contribution in [1.82, 2.24) is 0 Å². The molecule has 0 bridgehead atoms. The molecule has 0 heterocycles. The van der Waals surface area contributed by atoms with Gasteiger partial charge in [0.15, 0.2) is 12.7 Å². The van der Waals surface area contributed by atoms with Crippen molar-refractivity contribution in [1.29, 1.82) is 0 Å². The minimum atomic E-state index is -4.53. The molecule has 94 valence electrons. The molecule has 0 radical (unpaired) electrons. The van der Waals surface area contributed by atoms with E-state index in [-0.39, 0.29) is 0 Å². The second kappa shape index (κ2) is 5.56. The summed E-state index contributed by atoms with van der Waals surface area (Å²) in [5.74, 6) is -0.657. The molecule has 0 aromatic heterocycles. The molecular formula is C11H11F3O3. The molecule has 0 saturated carbocycles. The number of carbonyl (C=O) groups is 1. The minimum Gasteiger partial charge on any atom is -0.479 e. The van der Waals surface area contributed by atoms with Crippen LogP contribution in [0.2, 0.25) is 0 Å². The van der Waals surface area contributed by atoms with Gasteiger partial charge in [-0.1, -0.05) is 18.2 Å². The van der Waals surface area contributed by atoms with Crippen LogP contribution in [0.15, 0.2) is 30.3 Å². The van der Waals surface area contributed by atoms with Crippen LogP contribution < -0.4 is 4.74 Å². The van der Waals surface area contributed by atoms with Gasteiger partial charge in [-0.15, -0.1) is 0 Å². The Balaban J connectivity index is 2.43. The van der Waals surface area contributed by atoms with Crippen LogP contribution in [0.4, 0.5) is 13.2 Å². The van der Waals surface area contributed by atoms with Gasteiger partial charge in [0.25, 0.3) is 0 Å². The number of hydrogen-bond donors (Lipinski definition) is 0. The molecule has 0 N–H and O–H groups in total. The zero-order valence-electron chi connectivity index (χ0n) is 9.03. The fraction of sp³-hybridized carbons (Fsp3) is 0.364. The Morgan fingerprint density at radius 2 is 1.88 bits per heavy atom. The van der Waals surface area contributed by atoms with Crippen LogP contribution in [-0.4, -0.2) is 24.9 Å². The average Bonchev–Trinajstić information content (AvgIpc) is 2.26. The van der Waals surface area contributed by atoms with Crippen molar-refractivity contribution in [3.05, 3.63) is 30.3 Å². The number of ether oxygens (including phenoxy) is 2. The molecule has 0 saturated heterocycles. The van der Waals surface area contributed by atoms with Crippen molar-refractivity contribution in [3.8, 4) is 5.75 Å². The van der Waals surface area contributed by atoms with E-state index < -0.39 is 24.9 Å². The first kappa shape index (κ1) is 13.3. The van der Waals surface area contributed by atoms with Crippen LogP contribution >= 0.6 is 0 Å². The molecule has 1 unspecified atom stereocenters. The summed E-state index contributed by atoms with van der Waals surface area (Å²) in [4.78, 5) is 11.1. The molecule has 0 fully saturated rings. The monoisotopic (exact) mass is 248 g/mol. The molecule has 0 spiro atoms. The van der Waals surface area contributed by atoms with Crippen molar-refractivity contribution in [3.63, 3.8) is 0 Å². The predicted molar refractivity (Wildman–Crippen MR) is 53.5 cm³/mol.